The van der Waals surface area contributed by atoms with E-state index in [9.17, 15) is 0 Å². The monoisotopic (exact) mass is 281 g/mol. The smallest absolute Gasteiger partial charge is 0.0547 e. The van der Waals surface area contributed by atoms with E-state index in [0.717, 1.165) is 25.8 Å². The topological polar surface area (TPSA) is 27.7 Å². The fourth-order valence-corrected chi connectivity index (χ4v) is 4.36. The van der Waals surface area contributed by atoms with Gasteiger partial charge in [0.2, 0.25) is 0 Å². The molecule has 4 heteroatoms. The number of likely N-dealkylation sites (tertiary alicyclic amines) is 2. The van der Waals surface area contributed by atoms with E-state index in [4.69, 9.17) is 4.74 Å². The van der Waals surface area contributed by atoms with Crippen LogP contribution < -0.4 is 5.32 Å². The van der Waals surface area contributed by atoms with Crippen LogP contribution in [0.25, 0.3) is 0 Å². The molecule has 0 radical (unpaired) electrons. The van der Waals surface area contributed by atoms with Crippen LogP contribution in [-0.4, -0.2) is 75.4 Å². The lowest BCUT2D eigenvalue weighted by Gasteiger charge is -2.34. The number of piperidine rings is 1. The Balaban J connectivity index is 1.51. The lowest BCUT2D eigenvalue weighted by atomic mass is 9.86. The summed E-state index contributed by atoms with van der Waals surface area (Å²) in [7, 11) is 2.07. The highest BCUT2D eigenvalue weighted by atomic mass is 16.5. The molecule has 3 heterocycles. The molecule has 4 nitrogen and oxygen atoms in total. The van der Waals surface area contributed by atoms with Crippen molar-refractivity contribution in [1.29, 1.82) is 0 Å². The average Bonchev–Trinajstić information content (AvgIpc) is 3.11. The van der Waals surface area contributed by atoms with Crippen LogP contribution in [-0.2, 0) is 4.74 Å². The van der Waals surface area contributed by atoms with E-state index in [-0.39, 0.29) is 0 Å². The van der Waals surface area contributed by atoms with Crippen LogP contribution in [0, 0.1) is 5.41 Å². The SMILES string of the molecule is CNCC1(CN2CCC(N3CCCCC3)C2)CCOC1. The number of nitrogens with zero attached hydrogens (tertiary/aromatic N) is 2. The van der Waals surface area contributed by atoms with Crippen molar-refractivity contribution in [2.45, 2.75) is 38.1 Å². The fraction of sp³-hybridized carbons (Fsp3) is 1.00. The van der Waals surface area contributed by atoms with Crippen LogP contribution in [0.1, 0.15) is 32.1 Å². The minimum atomic E-state index is 0.367. The maximum atomic E-state index is 5.69. The van der Waals surface area contributed by atoms with Crippen molar-refractivity contribution >= 4 is 0 Å². The molecule has 0 aromatic carbocycles. The van der Waals surface area contributed by atoms with Gasteiger partial charge in [0.15, 0.2) is 0 Å². The van der Waals surface area contributed by atoms with Crippen molar-refractivity contribution in [2.75, 3.05) is 59.5 Å². The Morgan fingerprint density at radius 2 is 2.05 bits per heavy atom. The Hall–Kier alpha value is -0.160. The minimum Gasteiger partial charge on any atom is -0.381 e. The summed E-state index contributed by atoms with van der Waals surface area (Å²) < 4.78 is 5.69. The molecule has 3 saturated heterocycles. The van der Waals surface area contributed by atoms with Crippen molar-refractivity contribution in [3.8, 4) is 0 Å². The highest BCUT2D eigenvalue weighted by Crippen LogP contribution is 2.31. The fourth-order valence-electron chi connectivity index (χ4n) is 4.36. The molecule has 3 aliphatic heterocycles. The molecule has 1 N–H and O–H groups in total. The lowest BCUT2D eigenvalue weighted by molar-refractivity contribution is 0.111. The predicted octanol–water partition coefficient (Wildman–Crippen LogP) is 1.17. The molecule has 3 fully saturated rings. The molecular weight excluding hydrogens is 250 g/mol. The molecule has 2 atom stereocenters. The molecule has 0 aliphatic carbocycles. The van der Waals surface area contributed by atoms with Crippen LogP contribution in [0.2, 0.25) is 0 Å². The Bertz CT molecular complexity index is 298. The van der Waals surface area contributed by atoms with Crippen LogP contribution in [0.4, 0.5) is 0 Å². The Labute approximate surface area is 123 Å². The van der Waals surface area contributed by atoms with Gasteiger partial charge in [0.1, 0.15) is 0 Å². The average molecular weight is 281 g/mol. The van der Waals surface area contributed by atoms with Crippen LogP contribution in [0.5, 0.6) is 0 Å². The summed E-state index contributed by atoms with van der Waals surface area (Å²) in [5, 5.41) is 3.38. The molecule has 3 rings (SSSR count). The number of nitrogens with one attached hydrogen (secondary N) is 1. The van der Waals surface area contributed by atoms with Gasteiger partial charge in [-0.2, -0.15) is 0 Å². The molecule has 2 unspecified atom stereocenters. The van der Waals surface area contributed by atoms with Gasteiger partial charge in [0, 0.05) is 37.7 Å². The van der Waals surface area contributed by atoms with Crippen molar-refractivity contribution < 1.29 is 4.74 Å². The van der Waals surface area contributed by atoms with E-state index >= 15 is 0 Å². The second kappa shape index (κ2) is 6.73. The quantitative estimate of drug-likeness (QED) is 0.819. The van der Waals surface area contributed by atoms with Gasteiger partial charge in [-0.1, -0.05) is 6.42 Å². The molecule has 0 aromatic heterocycles. The normalized spacial score (nSPS) is 36.8. The first-order chi connectivity index (χ1) is 9.81. The van der Waals surface area contributed by atoms with Gasteiger partial charge < -0.3 is 15.0 Å². The molecule has 3 aliphatic rings. The first-order valence-electron chi connectivity index (χ1n) is 8.50. The third kappa shape index (κ3) is 3.35. The first-order valence-corrected chi connectivity index (χ1v) is 8.50. The zero-order valence-electron chi connectivity index (χ0n) is 13.1. The molecule has 0 bridgehead atoms. The van der Waals surface area contributed by atoms with Crippen molar-refractivity contribution in [1.82, 2.24) is 15.1 Å². The molecule has 116 valence electrons. The van der Waals surface area contributed by atoms with Crippen molar-refractivity contribution in [3.63, 3.8) is 0 Å². The summed E-state index contributed by atoms with van der Waals surface area (Å²) in [5.74, 6) is 0. The van der Waals surface area contributed by atoms with E-state index in [1.54, 1.807) is 0 Å². The number of hydrogen-bond donors (Lipinski definition) is 1. The van der Waals surface area contributed by atoms with Gasteiger partial charge in [-0.25, -0.2) is 0 Å². The highest BCUT2D eigenvalue weighted by molar-refractivity contribution is 4.92. The maximum Gasteiger partial charge on any atom is 0.0547 e. The lowest BCUT2D eigenvalue weighted by Crippen LogP contribution is -2.45. The van der Waals surface area contributed by atoms with Gasteiger partial charge in [-0.05, 0) is 52.4 Å². The van der Waals surface area contributed by atoms with Crippen molar-refractivity contribution in [2.24, 2.45) is 5.41 Å². The highest BCUT2D eigenvalue weighted by Gasteiger charge is 2.38. The van der Waals surface area contributed by atoms with E-state index in [1.807, 2.05) is 0 Å². The number of hydrogen-bond acceptors (Lipinski definition) is 4. The zero-order chi connectivity index (χ0) is 13.8. The summed E-state index contributed by atoms with van der Waals surface area (Å²) in [4.78, 5) is 5.45. The van der Waals surface area contributed by atoms with E-state index in [2.05, 4.69) is 22.2 Å². The second-order valence-corrected chi connectivity index (χ2v) is 7.11. The minimum absolute atomic E-state index is 0.367. The molecule has 0 spiro atoms. The largest absolute Gasteiger partial charge is 0.381 e. The van der Waals surface area contributed by atoms with Gasteiger partial charge >= 0.3 is 0 Å². The number of ether oxygens (including phenoxy) is 1. The Kier molecular flexibility index (Phi) is 4.97. The zero-order valence-corrected chi connectivity index (χ0v) is 13.1. The van der Waals surface area contributed by atoms with E-state index < -0.39 is 0 Å². The Morgan fingerprint density at radius 1 is 1.20 bits per heavy atom. The van der Waals surface area contributed by atoms with Crippen molar-refractivity contribution in [3.05, 3.63) is 0 Å². The number of rotatable bonds is 5. The molecule has 0 amide bonds. The molecular formula is C16H31N3O. The van der Waals surface area contributed by atoms with Gasteiger partial charge in [0.05, 0.1) is 6.61 Å². The van der Waals surface area contributed by atoms with E-state index in [0.29, 0.717) is 5.41 Å². The van der Waals surface area contributed by atoms with Crippen LogP contribution >= 0.6 is 0 Å². The van der Waals surface area contributed by atoms with Gasteiger partial charge in [-0.15, -0.1) is 0 Å². The second-order valence-electron chi connectivity index (χ2n) is 7.11. The molecule has 20 heavy (non-hydrogen) atoms. The standard InChI is InChI=1S/C16H31N3O/c1-17-12-16(6-10-20-14-16)13-18-9-5-15(11-18)19-7-3-2-4-8-19/h15,17H,2-14H2,1H3. The van der Waals surface area contributed by atoms with Gasteiger partial charge in [0.25, 0.3) is 0 Å². The predicted molar refractivity (Wildman–Crippen MR) is 82.1 cm³/mol. The third-order valence-corrected chi connectivity index (χ3v) is 5.45. The molecule has 0 aromatic rings. The summed E-state index contributed by atoms with van der Waals surface area (Å²) in [6.07, 6.45) is 6.85. The Morgan fingerprint density at radius 3 is 2.75 bits per heavy atom. The van der Waals surface area contributed by atoms with E-state index in [1.165, 1.54) is 64.8 Å². The van der Waals surface area contributed by atoms with Gasteiger partial charge in [-0.3, -0.25) is 4.90 Å². The molecule has 0 saturated carbocycles. The van der Waals surface area contributed by atoms with Crippen LogP contribution in [0.3, 0.4) is 0 Å². The van der Waals surface area contributed by atoms with Crippen LogP contribution in [0.15, 0.2) is 0 Å². The summed E-state index contributed by atoms with van der Waals surface area (Å²) in [6, 6.07) is 0.823. The maximum absolute atomic E-state index is 5.69. The summed E-state index contributed by atoms with van der Waals surface area (Å²) >= 11 is 0. The third-order valence-electron chi connectivity index (χ3n) is 5.45. The summed E-state index contributed by atoms with van der Waals surface area (Å²) in [5.41, 5.74) is 0.367. The first kappa shape index (κ1) is 14.8. The summed E-state index contributed by atoms with van der Waals surface area (Å²) in [6.45, 7) is 9.45.